The molecule has 2 rings (SSSR count). The van der Waals surface area contributed by atoms with E-state index in [1.807, 2.05) is 12.1 Å². The minimum absolute atomic E-state index is 0.392. The number of nitrogen functional groups attached to an aromatic ring is 1. The van der Waals surface area contributed by atoms with E-state index in [-0.39, 0.29) is 0 Å². The molecular formula is C14H11ClN2O. The lowest BCUT2D eigenvalue weighted by Gasteiger charge is -2.08. The van der Waals surface area contributed by atoms with Gasteiger partial charge in [-0.2, -0.15) is 5.26 Å². The molecule has 0 fully saturated rings. The molecule has 0 aromatic heterocycles. The first-order valence-electron chi connectivity index (χ1n) is 5.38. The van der Waals surface area contributed by atoms with Gasteiger partial charge in [0.05, 0.1) is 18.2 Å². The van der Waals surface area contributed by atoms with Crippen LogP contribution in [0.3, 0.4) is 0 Å². The lowest BCUT2D eigenvalue weighted by atomic mass is 10.2. The molecule has 2 aromatic rings. The fourth-order valence-electron chi connectivity index (χ4n) is 1.51. The number of rotatable bonds is 3. The van der Waals surface area contributed by atoms with Gasteiger partial charge in [-0.1, -0.05) is 23.7 Å². The van der Waals surface area contributed by atoms with Crippen LogP contribution in [0.4, 0.5) is 5.69 Å². The Morgan fingerprint density at radius 2 is 1.89 bits per heavy atom. The molecule has 2 aromatic carbocycles. The molecule has 0 amide bonds. The van der Waals surface area contributed by atoms with E-state index in [4.69, 9.17) is 27.3 Å². The number of benzene rings is 2. The molecule has 0 saturated carbocycles. The summed E-state index contributed by atoms with van der Waals surface area (Å²) in [7, 11) is 0. The Balaban J connectivity index is 2.16. The van der Waals surface area contributed by atoms with Crippen molar-refractivity contribution >= 4 is 17.3 Å². The van der Waals surface area contributed by atoms with Crippen LogP contribution >= 0.6 is 11.6 Å². The molecule has 3 nitrogen and oxygen atoms in total. The molecule has 0 spiro atoms. The van der Waals surface area contributed by atoms with Crippen LogP contribution in [0.1, 0.15) is 5.56 Å². The van der Waals surface area contributed by atoms with Crippen molar-refractivity contribution in [1.29, 1.82) is 5.26 Å². The molecular weight excluding hydrogens is 248 g/mol. The minimum atomic E-state index is 0.392. The molecule has 0 heterocycles. The average molecular weight is 259 g/mol. The number of ether oxygens (including phenoxy) is 1. The first-order chi connectivity index (χ1) is 8.69. The van der Waals surface area contributed by atoms with Crippen molar-refractivity contribution in [3.63, 3.8) is 0 Å². The molecule has 0 bridgehead atoms. The van der Waals surface area contributed by atoms with Crippen molar-refractivity contribution < 1.29 is 4.74 Å². The number of nitriles is 1. The van der Waals surface area contributed by atoms with Gasteiger partial charge in [-0.25, -0.2) is 0 Å². The Labute approximate surface area is 110 Å². The Morgan fingerprint density at radius 3 is 2.50 bits per heavy atom. The highest BCUT2D eigenvalue weighted by Crippen LogP contribution is 2.29. The zero-order valence-electron chi connectivity index (χ0n) is 9.56. The summed E-state index contributed by atoms with van der Waals surface area (Å²) in [6, 6.07) is 14.5. The summed E-state index contributed by atoms with van der Waals surface area (Å²) >= 11 is 5.81. The molecule has 0 saturated heterocycles. The lowest BCUT2D eigenvalue weighted by Crippen LogP contribution is -1.92. The quantitative estimate of drug-likeness (QED) is 0.853. The highest BCUT2D eigenvalue weighted by molar-refractivity contribution is 6.30. The molecule has 18 heavy (non-hydrogen) atoms. The zero-order valence-corrected chi connectivity index (χ0v) is 10.3. The van der Waals surface area contributed by atoms with Crippen LogP contribution in [0.5, 0.6) is 11.5 Å². The maximum atomic E-state index is 8.58. The van der Waals surface area contributed by atoms with Crippen LogP contribution in [0.2, 0.25) is 5.02 Å². The maximum Gasteiger partial charge on any atom is 0.150 e. The summed E-state index contributed by atoms with van der Waals surface area (Å²) in [4.78, 5) is 0. The maximum absolute atomic E-state index is 8.58. The summed E-state index contributed by atoms with van der Waals surface area (Å²) in [5.74, 6) is 1.23. The molecule has 0 radical (unpaired) electrons. The van der Waals surface area contributed by atoms with E-state index in [9.17, 15) is 0 Å². The standard InChI is InChI=1S/C14H11ClN2O/c15-11-3-6-14(13(17)9-11)18-12-4-1-10(2-5-12)7-8-16/h1-6,9H,7,17H2. The van der Waals surface area contributed by atoms with Gasteiger partial charge in [-0.05, 0) is 35.9 Å². The fourth-order valence-corrected chi connectivity index (χ4v) is 1.69. The summed E-state index contributed by atoms with van der Waals surface area (Å²) in [6.45, 7) is 0. The number of nitrogens with zero attached hydrogens (tertiary/aromatic N) is 1. The van der Waals surface area contributed by atoms with Crippen LogP contribution in [0.25, 0.3) is 0 Å². The van der Waals surface area contributed by atoms with Gasteiger partial charge in [0, 0.05) is 5.02 Å². The zero-order chi connectivity index (χ0) is 13.0. The largest absolute Gasteiger partial charge is 0.455 e. The van der Waals surface area contributed by atoms with Gasteiger partial charge in [-0.15, -0.1) is 0 Å². The van der Waals surface area contributed by atoms with E-state index < -0.39 is 0 Å². The molecule has 0 aliphatic carbocycles. The second-order valence-corrected chi connectivity index (χ2v) is 4.20. The predicted octanol–water partition coefficient (Wildman–Crippen LogP) is 3.78. The SMILES string of the molecule is N#CCc1ccc(Oc2ccc(Cl)cc2N)cc1. The second kappa shape index (κ2) is 5.44. The van der Waals surface area contributed by atoms with E-state index in [2.05, 4.69) is 6.07 Å². The van der Waals surface area contributed by atoms with Gasteiger partial charge in [0.2, 0.25) is 0 Å². The van der Waals surface area contributed by atoms with Crippen LogP contribution in [-0.2, 0) is 6.42 Å². The van der Waals surface area contributed by atoms with Gasteiger partial charge < -0.3 is 10.5 Å². The van der Waals surface area contributed by atoms with Gasteiger partial charge in [0.15, 0.2) is 0 Å². The number of anilines is 1. The summed E-state index contributed by atoms with van der Waals surface area (Å²) in [5.41, 5.74) is 7.24. The van der Waals surface area contributed by atoms with Gasteiger partial charge >= 0.3 is 0 Å². The Hall–Kier alpha value is -2.18. The molecule has 2 N–H and O–H groups in total. The topological polar surface area (TPSA) is 59.0 Å². The van der Waals surface area contributed by atoms with Gasteiger partial charge in [0.25, 0.3) is 0 Å². The third-order valence-corrected chi connectivity index (χ3v) is 2.64. The van der Waals surface area contributed by atoms with Crippen molar-refractivity contribution in [3.05, 3.63) is 53.1 Å². The molecule has 0 atom stereocenters. The van der Waals surface area contributed by atoms with E-state index in [0.29, 0.717) is 28.6 Å². The van der Waals surface area contributed by atoms with E-state index in [1.165, 1.54) is 0 Å². The fraction of sp³-hybridized carbons (Fsp3) is 0.0714. The van der Waals surface area contributed by atoms with Crippen LogP contribution < -0.4 is 10.5 Å². The van der Waals surface area contributed by atoms with E-state index >= 15 is 0 Å². The summed E-state index contributed by atoms with van der Waals surface area (Å²) in [5, 5.41) is 9.15. The summed E-state index contributed by atoms with van der Waals surface area (Å²) < 4.78 is 5.63. The first kappa shape index (κ1) is 12.3. The van der Waals surface area contributed by atoms with Crippen LogP contribution in [-0.4, -0.2) is 0 Å². The van der Waals surface area contributed by atoms with E-state index in [1.54, 1.807) is 30.3 Å². The van der Waals surface area contributed by atoms with Gasteiger partial charge in [0.1, 0.15) is 11.5 Å². The number of hydrogen-bond donors (Lipinski definition) is 1. The van der Waals surface area contributed by atoms with Gasteiger partial charge in [-0.3, -0.25) is 0 Å². The van der Waals surface area contributed by atoms with Crippen LogP contribution in [0, 0.1) is 11.3 Å². The second-order valence-electron chi connectivity index (χ2n) is 3.76. The average Bonchev–Trinajstić information content (AvgIpc) is 2.35. The normalized spacial score (nSPS) is 9.78. The van der Waals surface area contributed by atoms with Crippen molar-refractivity contribution in [2.75, 3.05) is 5.73 Å². The van der Waals surface area contributed by atoms with Crippen molar-refractivity contribution in [1.82, 2.24) is 0 Å². The molecule has 0 aliphatic rings. The highest BCUT2D eigenvalue weighted by atomic mass is 35.5. The van der Waals surface area contributed by atoms with E-state index in [0.717, 1.165) is 5.56 Å². The number of halogens is 1. The molecule has 0 unspecified atom stereocenters. The molecule has 90 valence electrons. The van der Waals surface area contributed by atoms with Crippen molar-refractivity contribution in [2.45, 2.75) is 6.42 Å². The third-order valence-electron chi connectivity index (χ3n) is 2.41. The highest BCUT2D eigenvalue weighted by Gasteiger charge is 2.03. The Kier molecular flexibility index (Phi) is 3.71. The number of nitrogens with two attached hydrogens (primary N) is 1. The Bertz CT molecular complexity index is 588. The summed E-state index contributed by atoms with van der Waals surface area (Å²) in [6.07, 6.45) is 0.392. The number of hydrogen-bond acceptors (Lipinski definition) is 3. The first-order valence-corrected chi connectivity index (χ1v) is 5.75. The lowest BCUT2D eigenvalue weighted by molar-refractivity contribution is 0.485. The third kappa shape index (κ3) is 2.93. The molecule has 4 heteroatoms. The predicted molar refractivity (Wildman–Crippen MR) is 71.7 cm³/mol. The smallest absolute Gasteiger partial charge is 0.150 e. The monoisotopic (exact) mass is 258 g/mol. The Morgan fingerprint density at radius 1 is 1.17 bits per heavy atom. The van der Waals surface area contributed by atoms with Crippen molar-refractivity contribution in [3.8, 4) is 17.6 Å². The van der Waals surface area contributed by atoms with Crippen LogP contribution in [0.15, 0.2) is 42.5 Å². The minimum Gasteiger partial charge on any atom is -0.455 e. The van der Waals surface area contributed by atoms with Crippen molar-refractivity contribution in [2.24, 2.45) is 0 Å². The molecule has 0 aliphatic heterocycles.